The van der Waals surface area contributed by atoms with Crippen LogP contribution in [0.3, 0.4) is 0 Å². The molecule has 3 heteroatoms. The SMILES string of the molecule is C=C(C)C(=O)Oc1ccc2cc(OC)ccc2c1. The summed E-state index contributed by atoms with van der Waals surface area (Å²) in [4.78, 5) is 11.4. The van der Waals surface area contributed by atoms with E-state index >= 15 is 0 Å². The molecule has 2 aromatic carbocycles. The zero-order chi connectivity index (χ0) is 13.1. The Morgan fingerprint density at radius 3 is 2.17 bits per heavy atom. The van der Waals surface area contributed by atoms with Crippen LogP contribution in [0, 0.1) is 0 Å². The van der Waals surface area contributed by atoms with E-state index in [1.807, 2.05) is 30.3 Å². The van der Waals surface area contributed by atoms with E-state index in [-0.39, 0.29) is 0 Å². The van der Waals surface area contributed by atoms with Crippen LogP contribution in [0.1, 0.15) is 6.92 Å². The summed E-state index contributed by atoms with van der Waals surface area (Å²) in [6.07, 6.45) is 0. The van der Waals surface area contributed by atoms with Gasteiger partial charge in [0.05, 0.1) is 7.11 Å². The maximum absolute atomic E-state index is 11.4. The van der Waals surface area contributed by atoms with Crippen LogP contribution in [-0.2, 0) is 4.79 Å². The average molecular weight is 242 g/mol. The molecule has 0 saturated heterocycles. The van der Waals surface area contributed by atoms with Gasteiger partial charge in [0.1, 0.15) is 11.5 Å². The summed E-state index contributed by atoms with van der Waals surface area (Å²) in [5.41, 5.74) is 0.379. The fourth-order valence-corrected chi connectivity index (χ4v) is 1.59. The number of hydrogen-bond acceptors (Lipinski definition) is 3. The number of ether oxygens (including phenoxy) is 2. The van der Waals surface area contributed by atoms with Gasteiger partial charge in [-0.15, -0.1) is 0 Å². The molecule has 0 saturated carbocycles. The van der Waals surface area contributed by atoms with Crippen LogP contribution in [-0.4, -0.2) is 13.1 Å². The van der Waals surface area contributed by atoms with Crippen LogP contribution in [0.4, 0.5) is 0 Å². The normalized spacial score (nSPS) is 10.1. The van der Waals surface area contributed by atoms with Crippen LogP contribution in [0.5, 0.6) is 11.5 Å². The third-order valence-electron chi connectivity index (χ3n) is 2.58. The molecule has 0 unspecified atom stereocenters. The number of carbonyl (C=O) groups excluding carboxylic acids is 1. The predicted molar refractivity (Wildman–Crippen MR) is 70.9 cm³/mol. The maximum Gasteiger partial charge on any atom is 0.338 e. The number of methoxy groups -OCH3 is 1. The first-order valence-electron chi connectivity index (χ1n) is 5.55. The lowest BCUT2D eigenvalue weighted by molar-refractivity contribution is -0.130. The Balaban J connectivity index is 2.33. The highest BCUT2D eigenvalue weighted by atomic mass is 16.5. The van der Waals surface area contributed by atoms with Crippen molar-refractivity contribution in [3.8, 4) is 11.5 Å². The minimum Gasteiger partial charge on any atom is -0.497 e. The van der Waals surface area contributed by atoms with E-state index in [9.17, 15) is 4.79 Å². The van der Waals surface area contributed by atoms with Crippen molar-refractivity contribution in [3.63, 3.8) is 0 Å². The van der Waals surface area contributed by atoms with E-state index in [1.54, 1.807) is 20.1 Å². The van der Waals surface area contributed by atoms with Gasteiger partial charge in [-0.1, -0.05) is 18.7 Å². The number of esters is 1. The quantitative estimate of drug-likeness (QED) is 0.470. The van der Waals surface area contributed by atoms with Crippen LogP contribution in [0.15, 0.2) is 48.6 Å². The van der Waals surface area contributed by atoms with E-state index in [0.717, 1.165) is 16.5 Å². The van der Waals surface area contributed by atoms with Crippen molar-refractivity contribution in [2.45, 2.75) is 6.92 Å². The number of rotatable bonds is 3. The van der Waals surface area contributed by atoms with Crippen molar-refractivity contribution < 1.29 is 14.3 Å². The molecule has 0 N–H and O–H groups in total. The van der Waals surface area contributed by atoms with Gasteiger partial charge in [-0.05, 0) is 42.0 Å². The van der Waals surface area contributed by atoms with Gasteiger partial charge in [-0.2, -0.15) is 0 Å². The average Bonchev–Trinajstić information content (AvgIpc) is 2.37. The largest absolute Gasteiger partial charge is 0.497 e. The highest BCUT2D eigenvalue weighted by molar-refractivity contribution is 5.90. The lowest BCUT2D eigenvalue weighted by atomic mass is 10.1. The first-order valence-corrected chi connectivity index (χ1v) is 5.55. The topological polar surface area (TPSA) is 35.5 Å². The van der Waals surface area contributed by atoms with Crippen molar-refractivity contribution in [2.75, 3.05) is 7.11 Å². The molecule has 0 atom stereocenters. The fraction of sp³-hybridized carbons (Fsp3) is 0.133. The Hall–Kier alpha value is -2.29. The Morgan fingerprint density at radius 2 is 1.61 bits per heavy atom. The van der Waals surface area contributed by atoms with Gasteiger partial charge in [0.15, 0.2) is 0 Å². The molecule has 2 aromatic rings. The zero-order valence-corrected chi connectivity index (χ0v) is 10.4. The van der Waals surface area contributed by atoms with Crippen molar-refractivity contribution >= 4 is 16.7 Å². The molecule has 0 aliphatic carbocycles. The van der Waals surface area contributed by atoms with Crippen LogP contribution < -0.4 is 9.47 Å². The van der Waals surface area contributed by atoms with Crippen molar-refractivity contribution in [1.29, 1.82) is 0 Å². The number of fused-ring (bicyclic) bond motifs is 1. The van der Waals surface area contributed by atoms with Gasteiger partial charge in [0.2, 0.25) is 0 Å². The van der Waals surface area contributed by atoms with Crippen LogP contribution in [0.2, 0.25) is 0 Å². The second-order valence-corrected chi connectivity index (χ2v) is 4.04. The lowest BCUT2D eigenvalue weighted by Crippen LogP contribution is -2.07. The predicted octanol–water partition coefficient (Wildman–Crippen LogP) is 3.33. The molecule has 0 spiro atoms. The van der Waals surface area contributed by atoms with E-state index in [2.05, 4.69) is 6.58 Å². The fourth-order valence-electron chi connectivity index (χ4n) is 1.59. The van der Waals surface area contributed by atoms with Gasteiger partial charge >= 0.3 is 5.97 Å². The third-order valence-corrected chi connectivity index (χ3v) is 2.58. The zero-order valence-electron chi connectivity index (χ0n) is 10.4. The molecule has 0 aliphatic rings. The lowest BCUT2D eigenvalue weighted by Gasteiger charge is -2.06. The summed E-state index contributed by atoms with van der Waals surface area (Å²) in [5.74, 6) is 0.901. The number of carbonyl (C=O) groups is 1. The van der Waals surface area contributed by atoms with Gasteiger partial charge in [-0.25, -0.2) is 4.79 Å². The highest BCUT2D eigenvalue weighted by Gasteiger charge is 2.06. The Kier molecular flexibility index (Phi) is 3.33. The Labute approximate surface area is 106 Å². The molecule has 3 nitrogen and oxygen atoms in total. The van der Waals surface area contributed by atoms with Crippen LogP contribution >= 0.6 is 0 Å². The molecule has 0 aliphatic heterocycles. The first-order chi connectivity index (χ1) is 8.60. The summed E-state index contributed by atoms with van der Waals surface area (Å²) in [6.45, 7) is 5.16. The van der Waals surface area contributed by atoms with E-state index < -0.39 is 5.97 Å². The number of benzene rings is 2. The number of hydrogen-bond donors (Lipinski definition) is 0. The molecule has 0 aromatic heterocycles. The van der Waals surface area contributed by atoms with Gasteiger partial charge < -0.3 is 9.47 Å². The Morgan fingerprint density at radius 1 is 1.06 bits per heavy atom. The van der Waals surface area contributed by atoms with E-state index in [1.165, 1.54) is 0 Å². The standard InChI is InChI=1S/C15H14O3/c1-10(2)15(16)18-14-7-5-11-8-13(17-3)6-4-12(11)9-14/h4-9H,1H2,2-3H3. The van der Waals surface area contributed by atoms with Crippen molar-refractivity contribution in [3.05, 3.63) is 48.6 Å². The van der Waals surface area contributed by atoms with E-state index in [0.29, 0.717) is 11.3 Å². The van der Waals surface area contributed by atoms with Crippen LogP contribution in [0.25, 0.3) is 10.8 Å². The minimum atomic E-state index is -0.414. The first kappa shape index (κ1) is 12.2. The summed E-state index contributed by atoms with van der Waals surface area (Å²) in [7, 11) is 1.63. The van der Waals surface area contributed by atoms with Crippen molar-refractivity contribution in [2.24, 2.45) is 0 Å². The minimum absolute atomic E-state index is 0.379. The summed E-state index contributed by atoms with van der Waals surface area (Å²) in [5, 5.41) is 2.02. The summed E-state index contributed by atoms with van der Waals surface area (Å²) < 4.78 is 10.3. The Bertz CT molecular complexity index is 614. The molecular weight excluding hydrogens is 228 g/mol. The molecular formula is C15H14O3. The summed E-state index contributed by atoms with van der Waals surface area (Å²) >= 11 is 0. The molecule has 0 amide bonds. The molecule has 18 heavy (non-hydrogen) atoms. The summed E-state index contributed by atoms with van der Waals surface area (Å²) in [6, 6.07) is 11.2. The van der Waals surface area contributed by atoms with Gasteiger partial charge in [0.25, 0.3) is 0 Å². The molecule has 0 bridgehead atoms. The molecule has 0 heterocycles. The van der Waals surface area contributed by atoms with Gasteiger partial charge in [-0.3, -0.25) is 0 Å². The van der Waals surface area contributed by atoms with Crippen molar-refractivity contribution in [1.82, 2.24) is 0 Å². The molecule has 92 valence electrons. The monoisotopic (exact) mass is 242 g/mol. The molecule has 0 fully saturated rings. The van der Waals surface area contributed by atoms with E-state index in [4.69, 9.17) is 9.47 Å². The smallest absolute Gasteiger partial charge is 0.338 e. The van der Waals surface area contributed by atoms with Gasteiger partial charge in [0, 0.05) is 5.57 Å². The third kappa shape index (κ3) is 2.51. The second kappa shape index (κ2) is 4.92. The molecule has 2 rings (SSSR count). The second-order valence-electron chi connectivity index (χ2n) is 4.04. The maximum atomic E-state index is 11.4. The molecule has 0 radical (unpaired) electrons. The highest BCUT2D eigenvalue weighted by Crippen LogP contribution is 2.25.